The second-order valence-corrected chi connectivity index (χ2v) is 7.55. The quantitative estimate of drug-likeness (QED) is 0.599. The lowest BCUT2D eigenvalue weighted by atomic mass is 10.0. The fourth-order valence-electron chi connectivity index (χ4n) is 3.43. The van der Waals surface area contributed by atoms with Crippen molar-refractivity contribution in [3.63, 3.8) is 0 Å². The fraction of sp³-hybridized carbons (Fsp3) is 0.286. The molecule has 0 aliphatic carbocycles. The van der Waals surface area contributed by atoms with Crippen LogP contribution < -0.4 is 14.8 Å². The number of hydrogen-bond acceptors (Lipinski definition) is 8. The van der Waals surface area contributed by atoms with Crippen LogP contribution in [0.4, 0.5) is 5.95 Å². The van der Waals surface area contributed by atoms with Crippen molar-refractivity contribution in [2.45, 2.75) is 19.9 Å². The van der Waals surface area contributed by atoms with E-state index in [4.69, 9.17) is 19.3 Å². The van der Waals surface area contributed by atoms with E-state index in [2.05, 4.69) is 10.3 Å². The van der Waals surface area contributed by atoms with Crippen LogP contribution >= 0.6 is 11.3 Å². The van der Waals surface area contributed by atoms with Crippen LogP contribution in [0.15, 0.2) is 47.0 Å². The zero-order valence-electron chi connectivity index (χ0n) is 17.1. The van der Waals surface area contributed by atoms with Gasteiger partial charge in [0, 0.05) is 16.1 Å². The number of fused-ring (bicyclic) bond motifs is 1. The van der Waals surface area contributed by atoms with Crippen molar-refractivity contribution in [3.05, 3.63) is 51.9 Å². The molecule has 0 saturated carbocycles. The molecule has 3 aromatic rings. The maximum absolute atomic E-state index is 12.7. The minimum absolute atomic E-state index is 0.299. The molecule has 9 heteroatoms. The first-order chi connectivity index (χ1) is 14.6. The maximum atomic E-state index is 12.7. The first-order valence-electron chi connectivity index (χ1n) is 9.44. The van der Waals surface area contributed by atoms with Crippen LogP contribution in [0.3, 0.4) is 0 Å². The van der Waals surface area contributed by atoms with Gasteiger partial charge in [-0.25, -0.2) is 9.48 Å². The van der Waals surface area contributed by atoms with Crippen molar-refractivity contribution in [2.24, 2.45) is 0 Å². The van der Waals surface area contributed by atoms with Gasteiger partial charge in [-0.1, -0.05) is 6.07 Å². The van der Waals surface area contributed by atoms with E-state index in [1.807, 2.05) is 42.6 Å². The molecule has 156 valence electrons. The summed E-state index contributed by atoms with van der Waals surface area (Å²) in [6.07, 6.45) is 0. The third-order valence-corrected chi connectivity index (χ3v) is 5.73. The number of rotatable bonds is 6. The largest absolute Gasteiger partial charge is 0.493 e. The van der Waals surface area contributed by atoms with Crippen LogP contribution in [-0.4, -0.2) is 41.6 Å². The Hall–Kier alpha value is -3.33. The maximum Gasteiger partial charge on any atom is 0.338 e. The number of carbonyl (C=O) groups is 1. The summed E-state index contributed by atoms with van der Waals surface area (Å²) in [4.78, 5) is 18.4. The molecule has 1 N–H and O–H groups in total. The predicted molar refractivity (Wildman–Crippen MR) is 114 cm³/mol. The standard InChI is InChI=1S/C21H22N4O4S/c1-5-29-20(26)17-12(2)22-21-23-19(13-8-9-14(27-3)15(11-13)28-4)24-25(21)18(17)16-7-6-10-30-16/h6-11,18H,5H2,1-4H3,(H,22,23,24). The molecule has 1 atom stereocenters. The van der Waals surface area contributed by atoms with Crippen molar-refractivity contribution in [1.82, 2.24) is 14.8 Å². The van der Waals surface area contributed by atoms with Gasteiger partial charge in [0.15, 0.2) is 17.3 Å². The summed E-state index contributed by atoms with van der Waals surface area (Å²) >= 11 is 1.56. The molecule has 0 bridgehead atoms. The topological polar surface area (TPSA) is 87.5 Å². The molecule has 1 aliphatic heterocycles. The Morgan fingerprint density at radius 3 is 2.70 bits per heavy atom. The van der Waals surface area contributed by atoms with E-state index in [1.54, 1.807) is 37.2 Å². The van der Waals surface area contributed by atoms with E-state index in [0.29, 0.717) is 41.1 Å². The second-order valence-electron chi connectivity index (χ2n) is 6.58. The molecule has 0 fully saturated rings. The van der Waals surface area contributed by atoms with Crippen molar-refractivity contribution in [3.8, 4) is 22.9 Å². The number of benzene rings is 1. The minimum atomic E-state index is -0.415. The van der Waals surface area contributed by atoms with Gasteiger partial charge in [-0.05, 0) is 43.5 Å². The van der Waals surface area contributed by atoms with E-state index < -0.39 is 6.04 Å². The van der Waals surface area contributed by atoms with Crippen molar-refractivity contribution < 1.29 is 19.0 Å². The van der Waals surface area contributed by atoms with Crippen molar-refractivity contribution in [1.29, 1.82) is 0 Å². The fourth-order valence-corrected chi connectivity index (χ4v) is 4.25. The lowest BCUT2D eigenvalue weighted by Gasteiger charge is -2.27. The normalized spacial score (nSPS) is 15.4. The van der Waals surface area contributed by atoms with E-state index >= 15 is 0 Å². The number of ether oxygens (including phenoxy) is 3. The Morgan fingerprint density at radius 1 is 1.23 bits per heavy atom. The zero-order valence-corrected chi connectivity index (χ0v) is 17.9. The molecular weight excluding hydrogens is 404 g/mol. The van der Waals surface area contributed by atoms with Gasteiger partial charge in [0.1, 0.15) is 6.04 Å². The van der Waals surface area contributed by atoms with Crippen molar-refractivity contribution >= 4 is 23.3 Å². The van der Waals surface area contributed by atoms with E-state index in [-0.39, 0.29) is 5.97 Å². The SMILES string of the molecule is CCOC(=O)C1=C(C)Nc2nc(-c3ccc(OC)c(OC)c3)nn2C1c1cccs1. The summed E-state index contributed by atoms with van der Waals surface area (Å²) in [6, 6.07) is 9.02. The molecule has 0 radical (unpaired) electrons. The molecule has 0 spiro atoms. The summed E-state index contributed by atoms with van der Waals surface area (Å²) in [6.45, 7) is 3.94. The Labute approximate surface area is 178 Å². The van der Waals surface area contributed by atoms with Gasteiger partial charge in [-0.3, -0.25) is 0 Å². The number of esters is 1. The Balaban J connectivity index is 1.81. The molecule has 0 amide bonds. The lowest BCUT2D eigenvalue weighted by molar-refractivity contribution is -0.139. The first kappa shape index (κ1) is 20.0. The highest BCUT2D eigenvalue weighted by Crippen LogP contribution is 2.39. The van der Waals surface area contributed by atoms with Crippen LogP contribution in [0.1, 0.15) is 24.8 Å². The van der Waals surface area contributed by atoms with Crippen LogP contribution in [-0.2, 0) is 9.53 Å². The number of thiophene rings is 1. The summed E-state index contributed by atoms with van der Waals surface area (Å²) in [5.74, 6) is 1.92. The number of anilines is 1. The number of aromatic nitrogens is 3. The number of hydrogen-bond donors (Lipinski definition) is 1. The number of methoxy groups -OCH3 is 2. The molecular formula is C21H22N4O4S. The van der Waals surface area contributed by atoms with Gasteiger partial charge in [0.2, 0.25) is 5.95 Å². The molecule has 0 saturated heterocycles. The zero-order chi connectivity index (χ0) is 21.3. The van der Waals surface area contributed by atoms with Crippen LogP contribution in [0, 0.1) is 0 Å². The highest BCUT2D eigenvalue weighted by atomic mass is 32.1. The van der Waals surface area contributed by atoms with E-state index in [1.165, 1.54) is 0 Å². The predicted octanol–water partition coefficient (Wildman–Crippen LogP) is 3.88. The smallest absolute Gasteiger partial charge is 0.338 e. The Kier molecular flexibility index (Phi) is 5.45. The molecule has 1 unspecified atom stereocenters. The first-order valence-corrected chi connectivity index (χ1v) is 10.3. The highest BCUT2D eigenvalue weighted by Gasteiger charge is 2.35. The summed E-state index contributed by atoms with van der Waals surface area (Å²) in [5, 5.41) is 9.90. The summed E-state index contributed by atoms with van der Waals surface area (Å²) in [7, 11) is 3.17. The van der Waals surface area contributed by atoms with Gasteiger partial charge in [-0.15, -0.1) is 16.4 Å². The van der Waals surface area contributed by atoms with Gasteiger partial charge < -0.3 is 19.5 Å². The molecule has 3 heterocycles. The van der Waals surface area contributed by atoms with Crippen LogP contribution in [0.2, 0.25) is 0 Å². The molecule has 2 aromatic heterocycles. The molecule has 4 rings (SSSR count). The minimum Gasteiger partial charge on any atom is -0.493 e. The number of carbonyl (C=O) groups excluding carboxylic acids is 1. The molecule has 30 heavy (non-hydrogen) atoms. The molecule has 1 aromatic carbocycles. The third-order valence-electron chi connectivity index (χ3n) is 4.80. The monoisotopic (exact) mass is 426 g/mol. The Bertz CT molecular complexity index is 1100. The highest BCUT2D eigenvalue weighted by molar-refractivity contribution is 7.10. The van der Waals surface area contributed by atoms with E-state index in [9.17, 15) is 4.79 Å². The summed E-state index contributed by atoms with van der Waals surface area (Å²) < 4.78 is 17.8. The van der Waals surface area contributed by atoms with Crippen LogP contribution in [0.25, 0.3) is 11.4 Å². The number of allylic oxidation sites excluding steroid dienone is 1. The number of nitrogens with zero attached hydrogens (tertiary/aromatic N) is 3. The Morgan fingerprint density at radius 2 is 2.03 bits per heavy atom. The summed E-state index contributed by atoms with van der Waals surface area (Å²) in [5.41, 5.74) is 2.00. The lowest BCUT2D eigenvalue weighted by Crippen LogP contribution is -2.29. The second kappa shape index (κ2) is 8.19. The third kappa shape index (κ3) is 3.41. The van der Waals surface area contributed by atoms with Gasteiger partial charge in [0.25, 0.3) is 0 Å². The average molecular weight is 426 g/mol. The van der Waals surface area contributed by atoms with E-state index in [0.717, 1.165) is 10.4 Å². The molecule has 8 nitrogen and oxygen atoms in total. The van der Waals surface area contributed by atoms with Gasteiger partial charge in [-0.2, -0.15) is 4.98 Å². The van der Waals surface area contributed by atoms with Crippen LogP contribution in [0.5, 0.6) is 11.5 Å². The van der Waals surface area contributed by atoms with Gasteiger partial charge in [0.05, 0.1) is 26.4 Å². The number of nitrogens with one attached hydrogen (secondary N) is 1. The average Bonchev–Trinajstić information content (AvgIpc) is 3.42. The van der Waals surface area contributed by atoms with Crippen molar-refractivity contribution in [2.75, 3.05) is 26.1 Å². The van der Waals surface area contributed by atoms with Gasteiger partial charge >= 0.3 is 5.97 Å². The molecule has 1 aliphatic rings.